The van der Waals surface area contributed by atoms with E-state index >= 15 is 0 Å². The van der Waals surface area contributed by atoms with Crippen LogP contribution in [0.25, 0.3) is 0 Å². The number of nitro benzene ring substituents is 1. The molecule has 3 atom stereocenters. The predicted molar refractivity (Wildman–Crippen MR) is 132 cm³/mol. The third-order valence-corrected chi connectivity index (χ3v) is 6.46. The van der Waals surface area contributed by atoms with Crippen LogP contribution in [-0.4, -0.2) is 22.9 Å². The molecular weight excluding hydrogens is 430 g/mol. The molecule has 0 aromatic heterocycles. The highest BCUT2D eigenvalue weighted by Crippen LogP contribution is 2.49. The maximum atomic E-state index is 11.3. The maximum absolute atomic E-state index is 11.3. The van der Waals surface area contributed by atoms with E-state index in [1.54, 1.807) is 13.0 Å². The summed E-state index contributed by atoms with van der Waals surface area (Å²) in [5.41, 5.74) is 4.53. The Bertz CT molecular complexity index is 1280. The van der Waals surface area contributed by atoms with Gasteiger partial charge in [0.1, 0.15) is 0 Å². The van der Waals surface area contributed by atoms with Crippen LogP contribution in [0.3, 0.4) is 0 Å². The average Bonchev–Trinajstić information content (AvgIpc) is 3.34. The Hall–Kier alpha value is -4.13. The number of hydrogen-bond donors (Lipinski definition) is 2. The summed E-state index contributed by atoms with van der Waals surface area (Å²) < 4.78 is 5.33. The molecule has 0 fully saturated rings. The Morgan fingerprint density at radius 3 is 2.76 bits per heavy atom. The van der Waals surface area contributed by atoms with Gasteiger partial charge in [0.2, 0.25) is 5.75 Å². The van der Waals surface area contributed by atoms with Crippen molar-refractivity contribution in [2.75, 3.05) is 11.9 Å². The lowest BCUT2D eigenvalue weighted by molar-refractivity contribution is -0.386. The summed E-state index contributed by atoms with van der Waals surface area (Å²) in [6.07, 6.45) is 7.18. The summed E-state index contributed by atoms with van der Waals surface area (Å²) in [6.45, 7) is 2.03. The minimum atomic E-state index is -0.634. The van der Waals surface area contributed by atoms with Crippen LogP contribution in [-0.2, 0) is 0 Å². The van der Waals surface area contributed by atoms with Gasteiger partial charge in [-0.25, -0.2) is 0 Å². The van der Waals surface area contributed by atoms with Crippen molar-refractivity contribution in [3.05, 3.63) is 99.6 Å². The van der Waals surface area contributed by atoms with Gasteiger partial charge < -0.3 is 15.2 Å². The average molecular weight is 456 g/mol. The number of fused-ring (bicyclic) bond motifs is 3. The van der Waals surface area contributed by atoms with Crippen molar-refractivity contribution < 1.29 is 14.8 Å². The Balaban J connectivity index is 1.38. The first-order valence-electron chi connectivity index (χ1n) is 11.4. The standard InChI is InChI=1S/C27H25N3O4/c1-2-34-25-15-17(14-24(27(25)31)30(32)33)16-28-19-12-10-18(11-13-19)26-22-8-5-7-20(22)21-6-3-4-9-23(21)29-26/h3-7,9-16,20,22,26,29,31H,2,8H2,1H3/t20-,22-,26-/m0/s1. The number of phenols is 1. The highest BCUT2D eigenvalue weighted by molar-refractivity contribution is 5.85. The Morgan fingerprint density at radius 2 is 2.00 bits per heavy atom. The van der Waals surface area contributed by atoms with Gasteiger partial charge in [0, 0.05) is 29.4 Å². The van der Waals surface area contributed by atoms with Gasteiger partial charge in [0.05, 0.1) is 23.3 Å². The molecule has 172 valence electrons. The van der Waals surface area contributed by atoms with Gasteiger partial charge in [-0.1, -0.05) is 42.5 Å². The molecule has 5 rings (SSSR count). The zero-order valence-corrected chi connectivity index (χ0v) is 18.7. The summed E-state index contributed by atoms with van der Waals surface area (Å²) in [5, 5.41) is 25.1. The fourth-order valence-electron chi connectivity index (χ4n) is 4.88. The van der Waals surface area contributed by atoms with Crippen LogP contribution in [0.15, 0.2) is 77.8 Å². The van der Waals surface area contributed by atoms with Crippen molar-refractivity contribution in [2.24, 2.45) is 10.9 Å². The van der Waals surface area contributed by atoms with Crippen LogP contribution < -0.4 is 10.1 Å². The van der Waals surface area contributed by atoms with Gasteiger partial charge in [0.25, 0.3) is 0 Å². The second-order valence-corrected chi connectivity index (χ2v) is 8.49. The predicted octanol–water partition coefficient (Wildman–Crippen LogP) is 6.28. The van der Waals surface area contributed by atoms with Gasteiger partial charge in [-0.15, -0.1) is 0 Å². The Morgan fingerprint density at radius 1 is 1.21 bits per heavy atom. The van der Waals surface area contributed by atoms with Crippen molar-refractivity contribution in [1.82, 2.24) is 0 Å². The van der Waals surface area contributed by atoms with Gasteiger partial charge in [-0.3, -0.25) is 15.1 Å². The molecule has 0 spiro atoms. The minimum absolute atomic E-state index is 0.0666. The Labute approximate surface area is 197 Å². The van der Waals surface area contributed by atoms with Crippen molar-refractivity contribution in [3.8, 4) is 11.5 Å². The van der Waals surface area contributed by atoms with E-state index in [1.165, 1.54) is 29.1 Å². The number of anilines is 1. The number of phenolic OH excluding ortho intramolecular Hbond substituents is 1. The van der Waals surface area contributed by atoms with Crippen LogP contribution in [0.2, 0.25) is 0 Å². The summed E-state index contributed by atoms with van der Waals surface area (Å²) in [5.74, 6) is 0.482. The third kappa shape index (κ3) is 4.01. The van der Waals surface area contributed by atoms with E-state index in [2.05, 4.69) is 58.9 Å². The zero-order chi connectivity index (χ0) is 23.7. The van der Waals surface area contributed by atoms with E-state index in [1.807, 2.05) is 12.1 Å². The molecule has 0 bridgehead atoms. The first kappa shape index (κ1) is 21.7. The molecule has 0 saturated heterocycles. The lowest BCUT2D eigenvalue weighted by Crippen LogP contribution is -2.28. The fraction of sp³-hybridized carbons (Fsp3) is 0.222. The van der Waals surface area contributed by atoms with E-state index in [9.17, 15) is 15.2 Å². The molecule has 7 heteroatoms. The molecule has 34 heavy (non-hydrogen) atoms. The van der Waals surface area contributed by atoms with Crippen LogP contribution in [0.1, 0.15) is 42.0 Å². The van der Waals surface area contributed by atoms with E-state index in [0.717, 1.165) is 12.1 Å². The molecule has 1 aliphatic heterocycles. The monoisotopic (exact) mass is 455 g/mol. The fourth-order valence-corrected chi connectivity index (χ4v) is 4.88. The number of benzene rings is 3. The maximum Gasteiger partial charge on any atom is 0.315 e. The molecule has 1 aliphatic carbocycles. The SMILES string of the molecule is CCOc1cc(C=Nc2ccc([C@@H]3Nc4ccccc4[C@@H]4C=CC[C@@H]43)cc2)cc([N+](=O)[O-])c1O. The van der Waals surface area contributed by atoms with Gasteiger partial charge in [0.15, 0.2) is 5.75 Å². The van der Waals surface area contributed by atoms with E-state index in [0.29, 0.717) is 17.4 Å². The molecule has 3 aromatic carbocycles. The number of aliphatic imine (C=N–C) groups is 1. The molecule has 2 N–H and O–H groups in total. The molecule has 2 aliphatic rings. The molecule has 0 amide bonds. The number of aromatic hydroxyl groups is 1. The van der Waals surface area contributed by atoms with Crippen molar-refractivity contribution in [3.63, 3.8) is 0 Å². The second-order valence-electron chi connectivity index (χ2n) is 8.49. The molecule has 0 saturated carbocycles. The van der Waals surface area contributed by atoms with Crippen LogP contribution in [0, 0.1) is 16.0 Å². The molecule has 0 unspecified atom stereocenters. The zero-order valence-electron chi connectivity index (χ0n) is 18.7. The van der Waals surface area contributed by atoms with Gasteiger partial charge in [-0.2, -0.15) is 0 Å². The number of nitro groups is 1. The van der Waals surface area contributed by atoms with Crippen LogP contribution >= 0.6 is 0 Å². The third-order valence-electron chi connectivity index (χ3n) is 6.46. The van der Waals surface area contributed by atoms with Crippen molar-refractivity contribution in [2.45, 2.75) is 25.3 Å². The van der Waals surface area contributed by atoms with E-state index in [4.69, 9.17) is 4.74 Å². The first-order chi connectivity index (χ1) is 16.5. The molecule has 3 aromatic rings. The number of nitrogens with one attached hydrogen (secondary N) is 1. The first-order valence-corrected chi connectivity index (χ1v) is 11.4. The van der Waals surface area contributed by atoms with Crippen LogP contribution in [0.5, 0.6) is 11.5 Å². The smallest absolute Gasteiger partial charge is 0.315 e. The summed E-state index contributed by atoms with van der Waals surface area (Å²) in [7, 11) is 0. The van der Waals surface area contributed by atoms with E-state index < -0.39 is 16.4 Å². The molecule has 0 radical (unpaired) electrons. The lowest BCUT2D eigenvalue weighted by Gasteiger charge is -2.37. The lowest BCUT2D eigenvalue weighted by atomic mass is 9.77. The van der Waals surface area contributed by atoms with Crippen molar-refractivity contribution >= 4 is 23.3 Å². The molecular formula is C27H25N3O4. The highest BCUT2D eigenvalue weighted by Gasteiger charge is 2.37. The Kier molecular flexibility index (Phi) is 5.76. The number of nitrogens with zero attached hydrogens (tertiary/aromatic N) is 2. The molecule has 7 nitrogen and oxygen atoms in total. The number of para-hydroxylation sites is 1. The summed E-state index contributed by atoms with van der Waals surface area (Å²) >= 11 is 0. The van der Waals surface area contributed by atoms with Gasteiger partial charge >= 0.3 is 5.69 Å². The quantitative estimate of drug-likeness (QED) is 0.197. The number of hydrogen-bond acceptors (Lipinski definition) is 6. The topological polar surface area (TPSA) is 97.0 Å². The summed E-state index contributed by atoms with van der Waals surface area (Å²) in [4.78, 5) is 15.1. The van der Waals surface area contributed by atoms with E-state index in [-0.39, 0.29) is 18.4 Å². The number of ether oxygens (including phenoxy) is 1. The number of rotatable bonds is 6. The summed E-state index contributed by atoms with van der Waals surface area (Å²) in [6, 6.07) is 19.6. The second kappa shape index (κ2) is 9.02. The number of allylic oxidation sites excluding steroid dienone is 2. The van der Waals surface area contributed by atoms with Crippen LogP contribution in [0.4, 0.5) is 17.1 Å². The molecule has 1 heterocycles. The largest absolute Gasteiger partial charge is 0.500 e. The van der Waals surface area contributed by atoms with Gasteiger partial charge in [-0.05, 0) is 54.7 Å². The normalized spacial score (nSPS) is 20.6. The van der Waals surface area contributed by atoms with Crippen molar-refractivity contribution in [1.29, 1.82) is 0 Å². The highest BCUT2D eigenvalue weighted by atomic mass is 16.6. The minimum Gasteiger partial charge on any atom is -0.500 e.